The molecule has 0 aliphatic heterocycles. The zero-order valence-electron chi connectivity index (χ0n) is 10.6. The smallest absolute Gasteiger partial charge is 0.345 e. The molecular weight excluding hydrogens is 281 g/mol. The maximum atomic E-state index is 12.8. The molecular formula is C14H12FNO3S. The lowest BCUT2D eigenvalue weighted by Crippen LogP contribution is -2.25. The number of carboxylic acid groups (broad SMARTS) is 1. The molecule has 0 saturated carbocycles. The van der Waals surface area contributed by atoms with Gasteiger partial charge in [-0.25, -0.2) is 9.18 Å². The second-order valence-electron chi connectivity index (χ2n) is 4.22. The molecule has 1 heterocycles. The molecule has 0 bridgehead atoms. The first-order chi connectivity index (χ1) is 9.47. The Morgan fingerprint density at radius 3 is 2.30 bits per heavy atom. The first kappa shape index (κ1) is 14.2. The maximum absolute atomic E-state index is 12.8. The van der Waals surface area contributed by atoms with E-state index in [2.05, 4.69) is 5.32 Å². The van der Waals surface area contributed by atoms with Gasteiger partial charge in [0.25, 0.3) is 5.91 Å². The van der Waals surface area contributed by atoms with E-state index in [0.717, 1.165) is 16.9 Å². The van der Waals surface area contributed by atoms with Crippen LogP contribution in [0.1, 0.15) is 37.9 Å². The lowest BCUT2D eigenvalue weighted by atomic mass is 10.1. The summed E-state index contributed by atoms with van der Waals surface area (Å²) in [6.45, 7) is 1.77. The molecule has 0 spiro atoms. The van der Waals surface area contributed by atoms with Crippen molar-refractivity contribution in [1.29, 1.82) is 0 Å². The van der Waals surface area contributed by atoms with Gasteiger partial charge in [0, 0.05) is 0 Å². The van der Waals surface area contributed by atoms with Crippen LogP contribution in [0.4, 0.5) is 4.39 Å². The summed E-state index contributed by atoms with van der Waals surface area (Å²) in [6, 6.07) is 8.41. The largest absolute Gasteiger partial charge is 0.477 e. The average Bonchev–Trinajstić information content (AvgIpc) is 2.89. The molecule has 0 radical (unpaired) electrons. The summed E-state index contributed by atoms with van der Waals surface area (Å²) in [5.41, 5.74) is 0.773. The van der Waals surface area contributed by atoms with Gasteiger partial charge >= 0.3 is 5.97 Å². The number of hydrogen-bond donors (Lipinski definition) is 2. The van der Waals surface area contributed by atoms with Crippen molar-refractivity contribution >= 4 is 23.2 Å². The van der Waals surface area contributed by atoms with Crippen molar-refractivity contribution in [3.8, 4) is 0 Å². The number of carbonyl (C=O) groups is 2. The molecule has 0 saturated heterocycles. The van der Waals surface area contributed by atoms with E-state index in [0.29, 0.717) is 4.88 Å². The van der Waals surface area contributed by atoms with E-state index in [1.165, 1.54) is 24.3 Å². The number of thiophene rings is 1. The van der Waals surface area contributed by atoms with Crippen molar-refractivity contribution in [3.05, 3.63) is 57.5 Å². The van der Waals surface area contributed by atoms with E-state index in [1.54, 1.807) is 19.1 Å². The van der Waals surface area contributed by atoms with Gasteiger partial charge in [0.1, 0.15) is 10.7 Å². The molecule has 0 aliphatic carbocycles. The van der Waals surface area contributed by atoms with Crippen LogP contribution in [0.5, 0.6) is 0 Å². The highest BCUT2D eigenvalue weighted by Crippen LogP contribution is 2.18. The van der Waals surface area contributed by atoms with E-state index in [1.807, 2.05) is 0 Å². The van der Waals surface area contributed by atoms with Gasteiger partial charge in [-0.1, -0.05) is 12.1 Å². The Hall–Kier alpha value is -2.21. The van der Waals surface area contributed by atoms with Gasteiger partial charge in [-0.3, -0.25) is 4.79 Å². The maximum Gasteiger partial charge on any atom is 0.345 e. The Morgan fingerprint density at radius 2 is 1.75 bits per heavy atom. The van der Waals surface area contributed by atoms with Crippen LogP contribution in [0.2, 0.25) is 0 Å². The molecule has 1 aromatic heterocycles. The highest BCUT2D eigenvalue weighted by molar-refractivity contribution is 7.15. The Morgan fingerprint density at radius 1 is 1.15 bits per heavy atom. The van der Waals surface area contributed by atoms with Gasteiger partial charge in [-0.2, -0.15) is 0 Å². The second kappa shape index (κ2) is 5.83. The molecule has 0 aliphatic rings. The zero-order valence-corrected chi connectivity index (χ0v) is 11.4. The summed E-state index contributed by atoms with van der Waals surface area (Å²) < 4.78 is 12.8. The fourth-order valence-electron chi connectivity index (χ4n) is 1.68. The van der Waals surface area contributed by atoms with Gasteiger partial charge in [-0.15, -0.1) is 11.3 Å². The summed E-state index contributed by atoms with van der Waals surface area (Å²) in [7, 11) is 0. The first-order valence-electron chi connectivity index (χ1n) is 5.87. The van der Waals surface area contributed by atoms with Crippen LogP contribution in [-0.4, -0.2) is 17.0 Å². The minimum absolute atomic E-state index is 0.115. The molecule has 0 fully saturated rings. The Labute approximate surface area is 118 Å². The minimum Gasteiger partial charge on any atom is -0.477 e. The van der Waals surface area contributed by atoms with Gasteiger partial charge < -0.3 is 10.4 Å². The van der Waals surface area contributed by atoms with E-state index in [9.17, 15) is 14.0 Å². The minimum atomic E-state index is -1.05. The number of benzene rings is 1. The fourth-order valence-corrected chi connectivity index (χ4v) is 2.43. The second-order valence-corrected chi connectivity index (χ2v) is 5.30. The van der Waals surface area contributed by atoms with Crippen LogP contribution >= 0.6 is 11.3 Å². The number of amides is 1. The normalized spacial score (nSPS) is 11.9. The number of aromatic carboxylic acids is 1. The number of carbonyl (C=O) groups excluding carboxylic acids is 1. The molecule has 1 amide bonds. The van der Waals surface area contributed by atoms with E-state index in [-0.39, 0.29) is 22.6 Å². The van der Waals surface area contributed by atoms with Crippen molar-refractivity contribution in [2.45, 2.75) is 13.0 Å². The lowest BCUT2D eigenvalue weighted by Gasteiger charge is -2.13. The quantitative estimate of drug-likeness (QED) is 0.910. The number of rotatable bonds is 4. The third kappa shape index (κ3) is 3.21. The molecule has 2 N–H and O–H groups in total. The monoisotopic (exact) mass is 293 g/mol. The molecule has 104 valence electrons. The van der Waals surface area contributed by atoms with E-state index in [4.69, 9.17) is 5.11 Å². The van der Waals surface area contributed by atoms with Crippen molar-refractivity contribution in [1.82, 2.24) is 5.32 Å². The van der Waals surface area contributed by atoms with Crippen LogP contribution < -0.4 is 5.32 Å². The van der Waals surface area contributed by atoms with Crippen LogP contribution in [0.15, 0.2) is 36.4 Å². The molecule has 6 heteroatoms. The molecule has 1 aromatic carbocycles. The van der Waals surface area contributed by atoms with Crippen molar-refractivity contribution in [2.24, 2.45) is 0 Å². The summed E-state index contributed by atoms with van der Waals surface area (Å²) in [5, 5.41) is 11.5. The fraction of sp³-hybridized carbons (Fsp3) is 0.143. The first-order valence-corrected chi connectivity index (χ1v) is 6.68. The standard InChI is InChI=1S/C14H12FNO3S/c1-8(9-2-4-10(15)5-3-9)16-13(17)11-6-7-12(20-11)14(18)19/h2-8H,1H3,(H,16,17)(H,18,19). The zero-order chi connectivity index (χ0) is 14.7. The molecule has 1 atom stereocenters. The number of nitrogens with one attached hydrogen (secondary N) is 1. The van der Waals surface area contributed by atoms with Crippen LogP contribution in [0.3, 0.4) is 0 Å². The Balaban J connectivity index is 2.06. The summed E-state index contributed by atoms with van der Waals surface area (Å²) in [4.78, 5) is 23.2. The number of hydrogen-bond acceptors (Lipinski definition) is 3. The molecule has 1 unspecified atom stereocenters. The van der Waals surface area contributed by atoms with Crippen molar-refractivity contribution in [3.63, 3.8) is 0 Å². The molecule has 4 nitrogen and oxygen atoms in total. The highest BCUT2D eigenvalue weighted by Gasteiger charge is 2.15. The van der Waals surface area contributed by atoms with Crippen LogP contribution in [-0.2, 0) is 0 Å². The molecule has 2 aromatic rings. The van der Waals surface area contributed by atoms with Crippen molar-refractivity contribution < 1.29 is 19.1 Å². The Bertz CT molecular complexity index is 636. The van der Waals surface area contributed by atoms with Gasteiger partial charge in [0.15, 0.2) is 0 Å². The van der Waals surface area contributed by atoms with Crippen LogP contribution in [0.25, 0.3) is 0 Å². The summed E-state index contributed by atoms with van der Waals surface area (Å²) in [6.07, 6.45) is 0. The number of halogens is 1. The average molecular weight is 293 g/mol. The third-order valence-electron chi connectivity index (χ3n) is 2.76. The topological polar surface area (TPSA) is 66.4 Å². The summed E-state index contributed by atoms with van der Waals surface area (Å²) >= 11 is 0.917. The predicted molar refractivity (Wildman–Crippen MR) is 73.6 cm³/mol. The third-order valence-corrected chi connectivity index (χ3v) is 3.83. The molecule has 2 rings (SSSR count). The predicted octanol–water partition coefficient (Wildman–Crippen LogP) is 3.08. The summed E-state index contributed by atoms with van der Waals surface area (Å²) in [5.74, 6) is -1.74. The van der Waals surface area contributed by atoms with E-state index < -0.39 is 5.97 Å². The Kier molecular flexibility index (Phi) is 4.14. The van der Waals surface area contributed by atoms with Gasteiger partial charge in [0.2, 0.25) is 0 Å². The van der Waals surface area contributed by atoms with Gasteiger partial charge in [-0.05, 0) is 36.8 Å². The lowest BCUT2D eigenvalue weighted by molar-refractivity contribution is 0.0702. The highest BCUT2D eigenvalue weighted by atomic mass is 32.1. The van der Waals surface area contributed by atoms with E-state index >= 15 is 0 Å². The number of carboxylic acids is 1. The van der Waals surface area contributed by atoms with Crippen molar-refractivity contribution in [2.75, 3.05) is 0 Å². The van der Waals surface area contributed by atoms with Crippen LogP contribution in [0, 0.1) is 5.82 Å². The van der Waals surface area contributed by atoms with Gasteiger partial charge in [0.05, 0.1) is 10.9 Å². The SMILES string of the molecule is CC(NC(=O)c1ccc(C(=O)O)s1)c1ccc(F)cc1. The molecule has 20 heavy (non-hydrogen) atoms.